The quantitative estimate of drug-likeness (QED) is 0.793. The second-order valence-electron chi connectivity index (χ2n) is 5.82. The highest BCUT2D eigenvalue weighted by Crippen LogP contribution is 2.29. The minimum Gasteiger partial charge on any atom is -0.393 e. The minimum absolute atomic E-state index is 0.0681. The predicted octanol–water partition coefficient (Wildman–Crippen LogP) is 2.86. The summed E-state index contributed by atoms with van der Waals surface area (Å²) < 4.78 is 0. The van der Waals surface area contributed by atoms with Gasteiger partial charge in [-0.2, -0.15) is 11.8 Å². The van der Waals surface area contributed by atoms with Crippen molar-refractivity contribution in [3.05, 3.63) is 0 Å². The Kier molecular flexibility index (Phi) is 6.90. The molecule has 0 spiro atoms. The lowest BCUT2D eigenvalue weighted by molar-refractivity contribution is 0.0289. The SMILES string of the molecule is CSCCC(C)N(C)CC1CC(C)CCC1O. The molecule has 0 amide bonds. The molecule has 17 heavy (non-hydrogen) atoms. The molecular formula is C14H29NOS. The van der Waals surface area contributed by atoms with E-state index in [-0.39, 0.29) is 6.10 Å². The number of rotatable bonds is 6. The highest BCUT2D eigenvalue weighted by Gasteiger charge is 2.28. The molecule has 1 rings (SSSR count). The number of aliphatic hydroxyl groups is 1. The summed E-state index contributed by atoms with van der Waals surface area (Å²) in [7, 11) is 2.21. The van der Waals surface area contributed by atoms with E-state index in [0.29, 0.717) is 12.0 Å². The van der Waals surface area contributed by atoms with Gasteiger partial charge in [0, 0.05) is 12.6 Å². The average Bonchev–Trinajstić information content (AvgIpc) is 2.30. The molecule has 1 N–H and O–H groups in total. The molecule has 0 aromatic heterocycles. The van der Waals surface area contributed by atoms with Gasteiger partial charge in [0.2, 0.25) is 0 Å². The van der Waals surface area contributed by atoms with Crippen molar-refractivity contribution in [2.75, 3.05) is 25.6 Å². The van der Waals surface area contributed by atoms with Gasteiger partial charge in [0.1, 0.15) is 0 Å². The second kappa shape index (κ2) is 7.65. The second-order valence-corrected chi connectivity index (χ2v) is 6.80. The van der Waals surface area contributed by atoms with Crippen molar-refractivity contribution < 1.29 is 5.11 Å². The molecule has 3 heteroatoms. The molecule has 1 saturated carbocycles. The molecule has 4 atom stereocenters. The van der Waals surface area contributed by atoms with Crippen LogP contribution in [0.1, 0.15) is 39.5 Å². The smallest absolute Gasteiger partial charge is 0.0580 e. The predicted molar refractivity (Wildman–Crippen MR) is 77.6 cm³/mol. The fourth-order valence-electron chi connectivity index (χ4n) is 2.74. The van der Waals surface area contributed by atoms with E-state index in [1.165, 1.54) is 25.0 Å². The third-order valence-corrected chi connectivity index (χ3v) is 4.86. The Hall–Kier alpha value is 0.270. The zero-order valence-electron chi connectivity index (χ0n) is 11.9. The maximum Gasteiger partial charge on any atom is 0.0580 e. The molecule has 4 unspecified atom stereocenters. The van der Waals surface area contributed by atoms with E-state index >= 15 is 0 Å². The van der Waals surface area contributed by atoms with Crippen molar-refractivity contribution in [1.29, 1.82) is 0 Å². The van der Waals surface area contributed by atoms with Gasteiger partial charge in [-0.25, -0.2) is 0 Å². The summed E-state index contributed by atoms with van der Waals surface area (Å²) in [6.07, 6.45) is 6.74. The van der Waals surface area contributed by atoms with Crippen molar-refractivity contribution >= 4 is 11.8 Å². The van der Waals surface area contributed by atoms with Gasteiger partial charge in [0.15, 0.2) is 0 Å². The van der Waals surface area contributed by atoms with Crippen LogP contribution in [0, 0.1) is 11.8 Å². The molecule has 0 aromatic rings. The Morgan fingerprint density at radius 2 is 2.12 bits per heavy atom. The van der Waals surface area contributed by atoms with Crippen LogP contribution in [0.2, 0.25) is 0 Å². The first-order chi connectivity index (χ1) is 8.04. The van der Waals surface area contributed by atoms with Crippen LogP contribution in [0.3, 0.4) is 0 Å². The summed E-state index contributed by atoms with van der Waals surface area (Å²) in [4.78, 5) is 2.43. The molecule has 102 valence electrons. The molecule has 0 aliphatic heterocycles. The molecule has 0 radical (unpaired) electrons. The van der Waals surface area contributed by atoms with Crippen LogP contribution >= 0.6 is 11.8 Å². The number of aliphatic hydroxyl groups excluding tert-OH is 1. The lowest BCUT2D eigenvalue weighted by atomic mass is 9.80. The van der Waals surface area contributed by atoms with E-state index in [1.54, 1.807) is 0 Å². The Morgan fingerprint density at radius 1 is 1.41 bits per heavy atom. The lowest BCUT2D eigenvalue weighted by Crippen LogP contribution is -2.40. The van der Waals surface area contributed by atoms with Crippen LogP contribution in [0.4, 0.5) is 0 Å². The number of nitrogens with zero attached hydrogens (tertiary/aromatic N) is 1. The van der Waals surface area contributed by atoms with Gasteiger partial charge in [-0.1, -0.05) is 6.92 Å². The maximum absolute atomic E-state index is 10.1. The normalized spacial score (nSPS) is 31.8. The fraction of sp³-hybridized carbons (Fsp3) is 1.00. The third kappa shape index (κ3) is 5.19. The van der Waals surface area contributed by atoms with Crippen LogP contribution in [0.5, 0.6) is 0 Å². The molecule has 1 aliphatic carbocycles. The molecule has 1 fully saturated rings. The monoisotopic (exact) mass is 259 g/mol. The summed E-state index contributed by atoms with van der Waals surface area (Å²) in [5, 5.41) is 10.1. The zero-order chi connectivity index (χ0) is 12.8. The average molecular weight is 259 g/mol. The third-order valence-electron chi connectivity index (χ3n) is 4.22. The molecular weight excluding hydrogens is 230 g/mol. The van der Waals surface area contributed by atoms with Crippen LogP contribution in [-0.4, -0.2) is 47.8 Å². The molecule has 0 saturated heterocycles. The van der Waals surface area contributed by atoms with Crippen molar-refractivity contribution in [2.45, 2.75) is 51.7 Å². The van der Waals surface area contributed by atoms with Gasteiger partial charge < -0.3 is 10.0 Å². The van der Waals surface area contributed by atoms with Gasteiger partial charge in [0.25, 0.3) is 0 Å². The van der Waals surface area contributed by atoms with Gasteiger partial charge in [-0.3, -0.25) is 0 Å². The van der Waals surface area contributed by atoms with Gasteiger partial charge in [-0.05, 0) is 63.5 Å². The van der Waals surface area contributed by atoms with Crippen LogP contribution in [0.25, 0.3) is 0 Å². The molecule has 2 nitrogen and oxygen atoms in total. The van der Waals surface area contributed by atoms with Crippen molar-refractivity contribution in [2.24, 2.45) is 11.8 Å². The van der Waals surface area contributed by atoms with E-state index in [4.69, 9.17) is 0 Å². The fourth-order valence-corrected chi connectivity index (χ4v) is 3.31. The molecule has 0 aromatic carbocycles. The highest BCUT2D eigenvalue weighted by atomic mass is 32.2. The Morgan fingerprint density at radius 3 is 2.76 bits per heavy atom. The summed E-state index contributed by atoms with van der Waals surface area (Å²) in [6, 6.07) is 0.631. The van der Waals surface area contributed by atoms with E-state index in [0.717, 1.165) is 18.9 Å². The van der Waals surface area contributed by atoms with Crippen molar-refractivity contribution in [3.8, 4) is 0 Å². The topological polar surface area (TPSA) is 23.5 Å². The van der Waals surface area contributed by atoms with Crippen LogP contribution in [0.15, 0.2) is 0 Å². The molecule has 0 bridgehead atoms. The minimum atomic E-state index is -0.0681. The first-order valence-electron chi connectivity index (χ1n) is 6.91. The Labute approximate surface area is 111 Å². The maximum atomic E-state index is 10.1. The zero-order valence-corrected chi connectivity index (χ0v) is 12.7. The summed E-state index contributed by atoms with van der Waals surface area (Å²) in [5.74, 6) is 2.51. The van der Waals surface area contributed by atoms with Crippen molar-refractivity contribution in [3.63, 3.8) is 0 Å². The summed E-state index contributed by atoms with van der Waals surface area (Å²) >= 11 is 1.92. The summed E-state index contributed by atoms with van der Waals surface area (Å²) in [6.45, 7) is 5.67. The molecule has 0 heterocycles. The Balaban J connectivity index is 2.35. The van der Waals surface area contributed by atoms with Crippen molar-refractivity contribution in [1.82, 2.24) is 4.90 Å². The van der Waals surface area contributed by atoms with Crippen LogP contribution in [-0.2, 0) is 0 Å². The number of hydrogen-bond acceptors (Lipinski definition) is 3. The van der Waals surface area contributed by atoms with Gasteiger partial charge in [0.05, 0.1) is 6.10 Å². The van der Waals surface area contributed by atoms with E-state index in [1.807, 2.05) is 11.8 Å². The number of hydrogen-bond donors (Lipinski definition) is 1. The Bertz CT molecular complexity index is 212. The number of thioether (sulfide) groups is 1. The highest BCUT2D eigenvalue weighted by molar-refractivity contribution is 7.98. The van der Waals surface area contributed by atoms with Gasteiger partial charge in [-0.15, -0.1) is 0 Å². The van der Waals surface area contributed by atoms with Crippen LogP contribution < -0.4 is 0 Å². The lowest BCUT2D eigenvalue weighted by Gasteiger charge is -2.36. The first-order valence-corrected chi connectivity index (χ1v) is 8.31. The standard InChI is InChI=1S/C14H29NOS/c1-11-5-6-14(16)13(9-11)10-15(3)12(2)7-8-17-4/h11-14,16H,5-10H2,1-4H3. The van der Waals surface area contributed by atoms with E-state index in [2.05, 4.69) is 32.1 Å². The first kappa shape index (κ1) is 15.3. The van der Waals surface area contributed by atoms with E-state index < -0.39 is 0 Å². The largest absolute Gasteiger partial charge is 0.393 e. The van der Waals surface area contributed by atoms with Gasteiger partial charge >= 0.3 is 0 Å². The molecule has 1 aliphatic rings. The summed E-state index contributed by atoms with van der Waals surface area (Å²) in [5.41, 5.74) is 0. The van der Waals surface area contributed by atoms with E-state index in [9.17, 15) is 5.11 Å².